The van der Waals surface area contributed by atoms with Crippen molar-refractivity contribution in [1.82, 2.24) is 10.6 Å². The standard InChI is InChI=1S/C39H76N2O10/c1-3-5-6-7-8-9-10-11-13-16-19-22-25-31(43)35(46)30(29-50-39-38(49)37(48)36(47)32(28-42)51-39)41-34(45)26-23-20-17-14-12-15-18-21-24-27-40-33(44)4-2/h30-32,35-39,42-43,46-49H,3-29H2,1-2H3,(H,40,44)(H,41,45)/t30?,31?,32-,35?,36+,37+,38-,39+/m1/s1. The lowest BCUT2D eigenvalue weighted by atomic mass is 9.98. The van der Waals surface area contributed by atoms with E-state index < -0.39 is 55.6 Å². The van der Waals surface area contributed by atoms with Crippen LogP contribution in [0.5, 0.6) is 0 Å². The highest BCUT2D eigenvalue weighted by atomic mass is 16.7. The van der Waals surface area contributed by atoms with E-state index >= 15 is 0 Å². The average molecular weight is 733 g/mol. The van der Waals surface area contributed by atoms with Gasteiger partial charge in [0.2, 0.25) is 11.8 Å². The van der Waals surface area contributed by atoms with Gasteiger partial charge in [-0.25, -0.2) is 0 Å². The van der Waals surface area contributed by atoms with E-state index in [2.05, 4.69) is 17.6 Å². The molecule has 51 heavy (non-hydrogen) atoms. The maximum Gasteiger partial charge on any atom is 0.220 e. The molecule has 302 valence electrons. The molecule has 12 nitrogen and oxygen atoms in total. The first-order chi connectivity index (χ1) is 24.7. The molecule has 1 rings (SSSR count). The van der Waals surface area contributed by atoms with E-state index in [1.807, 2.05) is 6.92 Å². The maximum absolute atomic E-state index is 12.9. The number of aliphatic hydroxyl groups is 6. The van der Waals surface area contributed by atoms with E-state index in [9.17, 15) is 40.2 Å². The second kappa shape index (κ2) is 31.0. The smallest absolute Gasteiger partial charge is 0.220 e. The lowest BCUT2D eigenvalue weighted by Crippen LogP contribution is -2.60. The van der Waals surface area contributed by atoms with Crippen LogP contribution in [-0.4, -0.2) is 111 Å². The fourth-order valence-corrected chi connectivity index (χ4v) is 6.54. The molecule has 8 N–H and O–H groups in total. The molecule has 8 atom stereocenters. The second-order valence-electron chi connectivity index (χ2n) is 14.6. The number of rotatable bonds is 33. The zero-order chi connectivity index (χ0) is 37.7. The molecular formula is C39H76N2O10. The third-order valence-electron chi connectivity index (χ3n) is 10.0. The number of hydrogen-bond donors (Lipinski definition) is 8. The second-order valence-corrected chi connectivity index (χ2v) is 14.6. The van der Waals surface area contributed by atoms with Gasteiger partial charge in [0.15, 0.2) is 6.29 Å². The molecule has 1 aliphatic heterocycles. The van der Waals surface area contributed by atoms with Crippen molar-refractivity contribution < 1.29 is 49.7 Å². The van der Waals surface area contributed by atoms with Crippen LogP contribution in [0.4, 0.5) is 0 Å². The number of hydrogen-bond acceptors (Lipinski definition) is 10. The number of unbranched alkanes of at least 4 members (excludes halogenated alkanes) is 19. The van der Waals surface area contributed by atoms with Gasteiger partial charge >= 0.3 is 0 Å². The van der Waals surface area contributed by atoms with E-state index in [0.717, 1.165) is 83.6 Å². The molecule has 0 spiro atoms. The van der Waals surface area contributed by atoms with Crippen LogP contribution in [0.3, 0.4) is 0 Å². The Hall–Kier alpha value is -1.38. The minimum atomic E-state index is -1.62. The van der Waals surface area contributed by atoms with Gasteiger partial charge in [-0.1, -0.05) is 136 Å². The zero-order valence-corrected chi connectivity index (χ0v) is 32.0. The molecule has 12 heteroatoms. The molecule has 0 radical (unpaired) electrons. The third-order valence-corrected chi connectivity index (χ3v) is 10.0. The van der Waals surface area contributed by atoms with Crippen molar-refractivity contribution in [3.63, 3.8) is 0 Å². The summed E-state index contributed by atoms with van der Waals surface area (Å²) in [6.07, 6.45) is 14.8. The first kappa shape index (κ1) is 47.6. The predicted molar refractivity (Wildman–Crippen MR) is 199 cm³/mol. The van der Waals surface area contributed by atoms with E-state index in [1.165, 1.54) is 51.4 Å². The molecule has 0 aromatic rings. The number of aliphatic hydroxyl groups excluding tert-OH is 6. The minimum Gasteiger partial charge on any atom is -0.394 e. The number of nitrogens with one attached hydrogen (secondary N) is 2. The summed E-state index contributed by atoms with van der Waals surface area (Å²) >= 11 is 0. The van der Waals surface area contributed by atoms with Gasteiger partial charge in [-0.05, 0) is 19.3 Å². The molecule has 0 aromatic carbocycles. The van der Waals surface area contributed by atoms with Crippen LogP contribution < -0.4 is 10.6 Å². The van der Waals surface area contributed by atoms with Crippen molar-refractivity contribution >= 4 is 11.8 Å². The molecule has 0 aliphatic carbocycles. The summed E-state index contributed by atoms with van der Waals surface area (Å²) in [6, 6.07) is -1.01. The van der Waals surface area contributed by atoms with E-state index in [-0.39, 0.29) is 24.8 Å². The summed E-state index contributed by atoms with van der Waals surface area (Å²) in [5, 5.41) is 67.7. The normalized spacial score (nSPS) is 22.4. The van der Waals surface area contributed by atoms with E-state index in [4.69, 9.17) is 9.47 Å². The Morgan fingerprint density at radius 2 is 1.18 bits per heavy atom. The topological polar surface area (TPSA) is 198 Å². The third kappa shape index (κ3) is 22.4. The highest BCUT2D eigenvalue weighted by Crippen LogP contribution is 2.23. The summed E-state index contributed by atoms with van der Waals surface area (Å²) in [6.45, 7) is 3.89. The fourth-order valence-electron chi connectivity index (χ4n) is 6.54. The van der Waals surface area contributed by atoms with Crippen molar-refractivity contribution in [3.8, 4) is 0 Å². The van der Waals surface area contributed by atoms with Gasteiger partial charge in [-0.3, -0.25) is 9.59 Å². The molecule has 3 unspecified atom stereocenters. The molecule has 0 aromatic heterocycles. The average Bonchev–Trinajstić information content (AvgIpc) is 3.13. The van der Waals surface area contributed by atoms with Crippen LogP contribution in [-0.2, 0) is 19.1 Å². The number of carbonyl (C=O) groups excluding carboxylic acids is 2. The Kier molecular flexibility index (Phi) is 29.0. The van der Waals surface area contributed by atoms with Crippen molar-refractivity contribution in [2.24, 2.45) is 0 Å². The Labute approximate surface area is 308 Å². The molecule has 1 aliphatic rings. The van der Waals surface area contributed by atoms with Crippen LogP contribution in [0.2, 0.25) is 0 Å². The van der Waals surface area contributed by atoms with Gasteiger partial charge < -0.3 is 50.7 Å². The number of ether oxygens (including phenoxy) is 2. The summed E-state index contributed by atoms with van der Waals surface area (Å²) < 4.78 is 11.1. The summed E-state index contributed by atoms with van der Waals surface area (Å²) in [5.41, 5.74) is 0. The largest absolute Gasteiger partial charge is 0.394 e. The lowest BCUT2D eigenvalue weighted by molar-refractivity contribution is -0.303. The molecule has 1 heterocycles. The molecule has 1 fully saturated rings. The summed E-state index contributed by atoms with van der Waals surface area (Å²) in [5.74, 6) is -0.191. The van der Waals surface area contributed by atoms with Crippen LogP contribution in [0.1, 0.15) is 168 Å². The van der Waals surface area contributed by atoms with Gasteiger partial charge in [0, 0.05) is 19.4 Å². The Bertz CT molecular complexity index is 851. The van der Waals surface area contributed by atoms with Gasteiger partial charge in [0.1, 0.15) is 30.5 Å². The van der Waals surface area contributed by atoms with E-state index in [1.54, 1.807) is 0 Å². The van der Waals surface area contributed by atoms with Crippen molar-refractivity contribution in [2.45, 2.75) is 217 Å². The first-order valence-corrected chi connectivity index (χ1v) is 20.5. The van der Waals surface area contributed by atoms with Gasteiger partial charge in [-0.2, -0.15) is 0 Å². The number of amides is 2. The van der Waals surface area contributed by atoms with Crippen LogP contribution in [0.25, 0.3) is 0 Å². The summed E-state index contributed by atoms with van der Waals surface area (Å²) in [4.78, 5) is 24.2. The van der Waals surface area contributed by atoms with Gasteiger partial charge in [0.05, 0.1) is 25.4 Å². The molecule has 1 saturated heterocycles. The maximum atomic E-state index is 12.9. The van der Waals surface area contributed by atoms with Crippen LogP contribution >= 0.6 is 0 Å². The lowest BCUT2D eigenvalue weighted by Gasteiger charge is -2.40. The zero-order valence-electron chi connectivity index (χ0n) is 32.0. The monoisotopic (exact) mass is 733 g/mol. The quantitative estimate of drug-likeness (QED) is 0.0444. The summed E-state index contributed by atoms with van der Waals surface area (Å²) in [7, 11) is 0. The Balaban J connectivity index is 2.45. The Morgan fingerprint density at radius 3 is 1.71 bits per heavy atom. The van der Waals surface area contributed by atoms with Crippen LogP contribution in [0, 0.1) is 0 Å². The first-order valence-electron chi connectivity index (χ1n) is 20.5. The van der Waals surface area contributed by atoms with Gasteiger partial charge in [-0.15, -0.1) is 0 Å². The molecule has 0 bridgehead atoms. The fraction of sp³-hybridized carbons (Fsp3) is 0.949. The molecular weight excluding hydrogens is 656 g/mol. The predicted octanol–water partition coefficient (Wildman–Crippen LogP) is 4.53. The Morgan fingerprint density at radius 1 is 0.667 bits per heavy atom. The van der Waals surface area contributed by atoms with E-state index in [0.29, 0.717) is 19.3 Å². The van der Waals surface area contributed by atoms with Crippen molar-refractivity contribution in [1.29, 1.82) is 0 Å². The molecule has 0 saturated carbocycles. The number of carbonyl (C=O) groups is 2. The van der Waals surface area contributed by atoms with Crippen LogP contribution in [0.15, 0.2) is 0 Å². The van der Waals surface area contributed by atoms with Crippen molar-refractivity contribution in [2.75, 3.05) is 19.8 Å². The SMILES string of the molecule is CCCCCCCCCCCCCCC(O)C(O)C(CO[C@H]1O[C@H](CO)[C@H](O)[C@H](O)[C@H]1O)NC(=O)CCCCCCCCCCCNC(=O)CC. The highest BCUT2D eigenvalue weighted by Gasteiger charge is 2.44. The molecule has 2 amide bonds. The van der Waals surface area contributed by atoms with Gasteiger partial charge in [0.25, 0.3) is 0 Å². The van der Waals surface area contributed by atoms with Crippen molar-refractivity contribution in [3.05, 3.63) is 0 Å². The highest BCUT2D eigenvalue weighted by molar-refractivity contribution is 5.76. The minimum absolute atomic E-state index is 0.0967.